The molecule has 0 saturated carbocycles. The van der Waals surface area contributed by atoms with Crippen LogP contribution in [0.5, 0.6) is 5.75 Å². The number of ether oxygens (including phenoxy) is 1. The summed E-state index contributed by atoms with van der Waals surface area (Å²) in [6.07, 6.45) is 0. The van der Waals surface area contributed by atoms with Crippen LogP contribution in [0, 0.1) is 6.92 Å². The van der Waals surface area contributed by atoms with E-state index in [1.807, 2.05) is 85.1 Å². The van der Waals surface area contributed by atoms with Crippen molar-refractivity contribution in [3.63, 3.8) is 0 Å². The predicted molar refractivity (Wildman–Crippen MR) is 123 cm³/mol. The van der Waals surface area contributed by atoms with Crippen molar-refractivity contribution in [2.45, 2.75) is 6.92 Å². The van der Waals surface area contributed by atoms with Crippen LogP contribution in [0.1, 0.15) is 15.9 Å². The van der Waals surface area contributed by atoms with Gasteiger partial charge < -0.3 is 15.4 Å². The van der Waals surface area contributed by atoms with Crippen LogP contribution in [0.4, 0.5) is 16.5 Å². The Labute approximate surface area is 179 Å². The van der Waals surface area contributed by atoms with E-state index in [-0.39, 0.29) is 5.91 Å². The first-order valence-electron chi connectivity index (χ1n) is 9.46. The Morgan fingerprint density at radius 1 is 0.967 bits per heavy atom. The quantitative estimate of drug-likeness (QED) is 0.398. The number of methoxy groups -OCH3 is 1. The number of aromatic nitrogens is 1. The molecule has 1 heterocycles. The van der Waals surface area contributed by atoms with Crippen molar-refractivity contribution in [2.75, 3.05) is 17.7 Å². The lowest BCUT2D eigenvalue weighted by atomic mass is 10.1. The smallest absolute Gasteiger partial charge is 0.255 e. The molecule has 1 amide bonds. The Bertz CT molecular complexity index is 1170. The number of thiazole rings is 1. The molecular weight excluding hydrogens is 394 g/mol. The maximum absolute atomic E-state index is 12.5. The lowest BCUT2D eigenvalue weighted by Crippen LogP contribution is -2.13. The number of anilines is 3. The number of hydrogen-bond donors (Lipinski definition) is 2. The molecule has 150 valence electrons. The third kappa shape index (κ3) is 4.50. The molecule has 0 fully saturated rings. The number of carbonyl (C=O) groups is 1. The van der Waals surface area contributed by atoms with Crippen LogP contribution in [-0.4, -0.2) is 18.0 Å². The van der Waals surface area contributed by atoms with Crippen molar-refractivity contribution < 1.29 is 9.53 Å². The van der Waals surface area contributed by atoms with E-state index < -0.39 is 0 Å². The monoisotopic (exact) mass is 415 g/mol. The van der Waals surface area contributed by atoms with E-state index >= 15 is 0 Å². The Balaban J connectivity index is 1.44. The fraction of sp³-hybridized carbons (Fsp3) is 0.0833. The minimum Gasteiger partial charge on any atom is -0.497 e. The summed E-state index contributed by atoms with van der Waals surface area (Å²) in [5, 5.41) is 9.05. The molecule has 1 aromatic heterocycles. The van der Waals surface area contributed by atoms with E-state index in [4.69, 9.17) is 4.74 Å². The minimum atomic E-state index is -0.112. The van der Waals surface area contributed by atoms with E-state index in [0.717, 1.165) is 39.1 Å². The molecule has 0 spiro atoms. The average Bonchev–Trinajstić information content (AvgIpc) is 3.23. The molecule has 0 saturated heterocycles. The van der Waals surface area contributed by atoms with Gasteiger partial charge in [0.05, 0.1) is 12.8 Å². The molecule has 0 aliphatic heterocycles. The first kappa shape index (κ1) is 19.7. The van der Waals surface area contributed by atoms with Gasteiger partial charge in [-0.25, -0.2) is 4.98 Å². The van der Waals surface area contributed by atoms with Gasteiger partial charge in [0.15, 0.2) is 5.13 Å². The highest BCUT2D eigenvalue weighted by Crippen LogP contribution is 2.29. The fourth-order valence-electron chi connectivity index (χ4n) is 3.04. The third-order valence-electron chi connectivity index (χ3n) is 4.65. The van der Waals surface area contributed by atoms with Gasteiger partial charge in [-0.3, -0.25) is 4.79 Å². The Hall–Kier alpha value is -3.64. The van der Waals surface area contributed by atoms with Gasteiger partial charge in [-0.05, 0) is 42.8 Å². The molecular formula is C24H21N3O2S. The van der Waals surface area contributed by atoms with Crippen molar-refractivity contribution in [1.82, 2.24) is 4.98 Å². The van der Waals surface area contributed by atoms with E-state index in [0.29, 0.717) is 5.56 Å². The van der Waals surface area contributed by atoms with E-state index in [9.17, 15) is 4.79 Å². The first-order chi connectivity index (χ1) is 14.6. The summed E-state index contributed by atoms with van der Waals surface area (Å²) in [6, 6.07) is 23.0. The van der Waals surface area contributed by atoms with Crippen LogP contribution < -0.4 is 15.4 Å². The third-order valence-corrected chi connectivity index (χ3v) is 5.41. The second kappa shape index (κ2) is 8.80. The number of aryl methyl sites for hydroxylation is 1. The zero-order valence-electron chi connectivity index (χ0n) is 16.7. The molecule has 5 nitrogen and oxygen atoms in total. The Kier molecular flexibility index (Phi) is 5.77. The number of nitrogens with zero attached hydrogens (tertiary/aromatic N) is 1. The SMILES string of the molecule is COc1cccc(Nc2nc(-c3ccc(NC(=O)c4ccccc4C)cc3)cs2)c1. The van der Waals surface area contributed by atoms with Gasteiger partial charge in [0, 0.05) is 33.9 Å². The normalized spacial score (nSPS) is 10.5. The predicted octanol–water partition coefficient (Wildman–Crippen LogP) is 6.12. The number of benzene rings is 3. The molecule has 3 aromatic carbocycles. The summed E-state index contributed by atoms with van der Waals surface area (Å²) < 4.78 is 5.25. The maximum atomic E-state index is 12.5. The van der Waals surface area contributed by atoms with Crippen LogP contribution in [0.3, 0.4) is 0 Å². The number of hydrogen-bond acceptors (Lipinski definition) is 5. The molecule has 0 bridgehead atoms. The van der Waals surface area contributed by atoms with Gasteiger partial charge in [0.1, 0.15) is 5.75 Å². The first-order valence-corrected chi connectivity index (χ1v) is 10.3. The van der Waals surface area contributed by atoms with Gasteiger partial charge in [0.25, 0.3) is 5.91 Å². The molecule has 30 heavy (non-hydrogen) atoms. The molecule has 0 aliphatic rings. The molecule has 0 aliphatic carbocycles. The standard InChI is InChI=1S/C24H21N3O2S/c1-16-6-3-4-9-21(16)23(28)25-18-12-10-17(11-13-18)22-15-30-24(27-22)26-19-7-5-8-20(14-19)29-2/h3-15H,1-2H3,(H,25,28)(H,26,27). The molecule has 2 N–H and O–H groups in total. The van der Waals surface area contributed by atoms with Crippen molar-refractivity contribution in [3.8, 4) is 17.0 Å². The molecule has 0 radical (unpaired) electrons. The summed E-state index contributed by atoms with van der Waals surface area (Å²) in [4.78, 5) is 17.1. The highest BCUT2D eigenvalue weighted by atomic mass is 32.1. The zero-order valence-corrected chi connectivity index (χ0v) is 17.5. The number of rotatable bonds is 6. The zero-order chi connectivity index (χ0) is 20.9. The molecule has 0 atom stereocenters. The van der Waals surface area contributed by atoms with Crippen LogP contribution >= 0.6 is 11.3 Å². The highest BCUT2D eigenvalue weighted by molar-refractivity contribution is 7.14. The van der Waals surface area contributed by atoms with Crippen LogP contribution in [0.25, 0.3) is 11.3 Å². The van der Waals surface area contributed by atoms with Gasteiger partial charge >= 0.3 is 0 Å². The van der Waals surface area contributed by atoms with Gasteiger partial charge in [-0.15, -0.1) is 11.3 Å². The number of amides is 1. The summed E-state index contributed by atoms with van der Waals surface area (Å²) in [5.74, 6) is 0.680. The van der Waals surface area contributed by atoms with E-state index in [2.05, 4.69) is 15.6 Å². The average molecular weight is 416 g/mol. The summed E-state index contributed by atoms with van der Waals surface area (Å²) in [7, 11) is 1.65. The van der Waals surface area contributed by atoms with Crippen LogP contribution in [0.2, 0.25) is 0 Å². The second-order valence-electron chi connectivity index (χ2n) is 6.74. The summed E-state index contributed by atoms with van der Waals surface area (Å²) in [6.45, 7) is 1.93. The van der Waals surface area contributed by atoms with Gasteiger partial charge in [-0.1, -0.05) is 36.4 Å². The van der Waals surface area contributed by atoms with Gasteiger partial charge in [-0.2, -0.15) is 0 Å². The Morgan fingerprint density at radius 2 is 1.77 bits per heavy atom. The van der Waals surface area contributed by atoms with Crippen molar-refractivity contribution in [2.24, 2.45) is 0 Å². The van der Waals surface area contributed by atoms with Crippen LogP contribution in [0.15, 0.2) is 78.2 Å². The second-order valence-corrected chi connectivity index (χ2v) is 7.60. The summed E-state index contributed by atoms with van der Waals surface area (Å²) in [5.41, 5.74) is 5.15. The van der Waals surface area contributed by atoms with E-state index in [1.54, 1.807) is 7.11 Å². The Morgan fingerprint density at radius 3 is 2.53 bits per heavy atom. The van der Waals surface area contributed by atoms with E-state index in [1.165, 1.54) is 11.3 Å². The van der Waals surface area contributed by atoms with Crippen molar-refractivity contribution in [3.05, 3.63) is 89.3 Å². The number of nitrogens with one attached hydrogen (secondary N) is 2. The van der Waals surface area contributed by atoms with Crippen molar-refractivity contribution in [1.29, 1.82) is 0 Å². The van der Waals surface area contributed by atoms with Crippen LogP contribution in [-0.2, 0) is 0 Å². The topological polar surface area (TPSA) is 63.2 Å². The maximum Gasteiger partial charge on any atom is 0.255 e. The highest BCUT2D eigenvalue weighted by Gasteiger charge is 2.10. The lowest BCUT2D eigenvalue weighted by Gasteiger charge is -2.08. The summed E-state index contributed by atoms with van der Waals surface area (Å²) >= 11 is 1.53. The van der Waals surface area contributed by atoms with Gasteiger partial charge in [0.2, 0.25) is 0 Å². The lowest BCUT2D eigenvalue weighted by molar-refractivity contribution is 0.102. The van der Waals surface area contributed by atoms with Crippen molar-refractivity contribution >= 4 is 33.8 Å². The minimum absolute atomic E-state index is 0.112. The molecule has 4 aromatic rings. The fourth-order valence-corrected chi connectivity index (χ4v) is 3.78. The molecule has 0 unspecified atom stereocenters. The number of carbonyl (C=O) groups excluding carboxylic acids is 1. The molecule has 4 rings (SSSR count). The largest absolute Gasteiger partial charge is 0.497 e. The molecule has 6 heteroatoms.